The maximum atomic E-state index is 12.2. The minimum absolute atomic E-state index is 0.0497. The Balaban J connectivity index is 2.24. The summed E-state index contributed by atoms with van der Waals surface area (Å²) in [6.45, 7) is 1.99. The van der Waals surface area contributed by atoms with Gasteiger partial charge in [-0.05, 0) is 23.6 Å². The van der Waals surface area contributed by atoms with Crippen LogP contribution in [0.1, 0.15) is 0 Å². The van der Waals surface area contributed by atoms with Gasteiger partial charge in [0.05, 0.1) is 13.2 Å². The first-order valence-corrected chi connectivity index (χ1v) is 6.16. The number of ether oxygens (including phenoxy) is 1. The van der Waals surface area contributed by atoms with E-state index in [2.05, 4.69) is 0 Å². The summed E-state index contributed by atoms with van der Waals surface area (Å²) in [7, 11) is 0. The molecule has 0 atom stereocenters. The molecular weight excluding hydrogens is 252 g/mol. The van der Waals surface area contributed by atoms with Crippen molar-refractivity contribution in [2.45, 2.75) is 6.54 Å². The number of aromatic nitrogens is 1. The highest BCUT2D eigenvalue weighted by Crippen LogP contribution is 2.15. The third-order valence-electron chi connectivity index (χ3n) is 2.68. The lowest BCUT2D eigenvalue weighted by atomic mass is 10.2. The van der Waals surface area contributed by atoms with Crippen LogP contribution in [-0.2, 0) is 11.3 Å². The summed E-state index contributed by atoms with van der Waals surface area (Å²) in [5.74, 6) is 0. The highest BCUT2D eigenvalue weighted by Gasteiger charge is 2.03. The van der Waals surface area contributed by atoms with Gasteiger partial charge < -0.3 is 15.0 Å². The SMILES string of the molecule is NCCOCCn1ccc2ccc(Cl)cc2c1=O. The summed E-state index contributed by atoms with van der Waals surface area (Å²) in [6, 6.07) is 7.21. The van der Waals surface area contributed by atoms with Crippen LogP contribution in [0.3, 0.4) is 0 Å². The Kier molecular flexibility index (Phi) is 4.36. The summed E-state index contributed by atoms with van der Waals surface area (Å²) in [4.78, 5) is 12.2. The molecule has 0 bridgehead atoms. The van der Waals surface area contributed by atoms with E-state index in [0.717, 1.165) is 5.39 Å². The molecule has 0 saturated carbocycles. The van der Waals surface area contributed by atoms with Crippen LogP contribution in [0.15, 0.2) is 35.3 Å². The van der Waals surface area contributed by atoms with E-state index >= 15 is 0 Å². The standard InChI is InChI=1S/C13H15ClN2O2/c14-11-2-1-10-3-5-16(6-8-18-7-4-15)13(17)12(10)9-11/h1-3,5,9H,4,6-8,15H2. The lowest BCUT2D eigenvalue weighted by Crippen LogP contribution is -2.22. The smallest absolute Gasteiger partial charge is 0.258 e. The predicted molar refractivity (Wildman–Crippen MR) is 73.1 cm³/mol. The fraction of sp³-hybridized carbons (Fsp3) is 0.308. The zero-order valence-electron chi connectivity index (χ0n) is 9.93. The largest absolute Gasteiger partial charge is 0.378 e. The van der Waals surface area contributed by atoms with Gasteiger partial charge in [-0.15, -0.1) is 0 Å². The van der Waals surface area contributed by atoms with Crippen molar-refractivity contribution in [3.05, 3.63) is 45.8 Å². The van der Waals surface area contributed by atoms with Crippen molar-refractivity contribution < 1.29 is 4.74 Å². The number of hydrogen-bond donors (Lipinski definition) is 1. The fourth-order valence-electron chi connectivity index (χ4n) is 1.78. The number of hydrogen-bond acceptors (Lipinski definition) is 3. The average Bonchev–Trinajstić information content (AvgIpc) is 2.38. The number of nitrogens with two attached hydrogens (primary N) is 1. The number of fused-ring (bicyclic) bond motifs is 1. The normalized spacial score (nSPS) is 11.0. The molecule has 0 amide bonds. The van der Waals surface area contributed by atoms with Crippen LogP contribution >= 0.6 is 11.6 Å². The van der Waals surface area contributed by atoms with E-state index in [1.54, 1.807) is 22.9 Å². The van der Waals surface area contributed by atoms with Crippen LogP contribution in [0.4, 0.5) is 0 Å². The van der Waals surface area contributed by atoms with Crippen molar-refractivity contribution in [3.8, 4) is 0 Å². The second-order valence-electron chi connectivity index (χ2n) is 3.95. The van der Waals surface area contributed by atoms with Gasteiger partial charge in [-0.1, -0.05) is 17.7 Å². The van der Waals surface area contributed by atoms with Crippen LogP contribution in [0.25, 0.3) is 10.8 Å². The molecule has 5 heteroatoms. The highest BCUT2D eigenvalue weighted by molar-refractivity contribution is 6.31. The zero-order valence-corrected chi connectivity index (χ0v) is 10.7. The molecule has 2 rings (SSSR count). The molecule has 0 saturated heterocycles. The minimum Gasteiger partial charge on any atom is -0.378 e. The van der Waals surface area contributed by atoms with Crippen molar-refractivity contribution in [3.63, 3.8) is 0 Å². The third-order valence-corrected chi connectivity index (χ3v) is 2.91. The molecule has 0 aliphatic carbocycles. The van der Waals surface area contributed by atoms with Crippen molar-refractivity contribution in [1.82, 2.24) is 4.57 Å². The topological polar surface area (TPSA) is 57.2 Å². The molecule has 1 heterocycles. The fourth-order valence-corrected chi connectivity index (χ4v) is 1.95. The molecule has 96 valence electrons. The van der Waals surface area contributed by atoms with E-state index in [4.69, 9.17) is 22.1 Å². The number of rotatable bonds is 5. The molecule has 0 spiro atoms. The van der Waals surface area contributed by atoms with Gasteiger partial charge in [0.1, 0.15) is 0 Å². The van der Waals surface area contributed by atoms with Gasteiger partial charge in [-0.25, -0.2) is 0 Å². The molecule has 1 aromatic carbocycles. The lowest BCUT2D eigenvalue weighted by Gasteiger charge is -2.07. The first-order valence-electron chi connectivity index (χ1n) is 5.79. The van der Waals surface area contributed by atoms with E-state index in [1.165, 1.54) is 0 Å². The summed E-state index contributed by atoms with van der Waals surface area (Å²) >= 11 is 5.90. The number of nitrogens with zero attached hydrogens (tertiary/aromatic N) is 1. The van der Waals surface area contributed by atoms with E-state index in [0.29, 0.717) is 36.7 Å². The van der Waals surface area contributed by atoms with Gasteiger partial charge in [0.2, 0.25) is 0 Å². The van der Waals surface area contributed by atoms with Gasteiger partial charge >= 0.3 is 0 Å². The van der Waals surface area contributed by atoms with Crippen LogP contribution in [0, 0.1) is 0 Å². The van der Waals surface area contributed by atoms with Crippen molar-refractivity contribution in [2.75, 3.05) is 19.8 Å². The summed E-state index contributed by atoms with van der Waals surface area (Å²) in [5.41, 5.74) is 5.27. The Bertz CT molecular complexity index is 595. The monoisotopic (exact) mass is 266 g/mol. The van der Waals surface area contributed by atoms with Crippen molar-refractivity contribution in [2.24, 2.45) is 5.73 Å². The number of halogens is 1. The molecule has 2 aromatic rings. The lowest BCUT2D eigenvalue weighted by molar-refractivity contribution is 0.132. The first-order chi connectivity index (χ1) is 8.72. The van der Waals surface area contributed by atoms with Crippen LogP contribution in [0.5, 0.6) is 0 Å². The Morgan fingerprint density at radius 1 is 1.28 bits per heavy atom. The maximum Gasteiger partial charge on any atom is 0.258 e. The summed E-state index contributed by atoms with van der Waals surface area (Å²) < 4.78 is 6.89. The molecule has 4 nitrogen and oxygen atoms in total. The van der Waals surface area contributed by atoms with E-state index in [-0.39, 0.29) is 5.56 Å². The van der Waals surface area contributed by atoms with E-state index < -0.39 is 0 Å². The van der Waals surface area contributed by atoms with E-state index in [9.17, 15) is 4.79 Å². The Morgan fingerprint density at radius 2 is 2.11 bits per heavy atom. The molecule has 1 aromatic heterocycles. The van der Waals surface area contributed by atoms with Gasteiger partial charge in [0.15, 0.2) is 0 Å². The van der Waals surface area contributed by atoms with E-state index in [1.807, 2.05) is 12.1 Å². The Morgan fingerprint density at radius 3 is 2.89 bits per heavy atom. The molecule has 0 aliphatic rings. The van der Waals surface area contributed by atoms with Gasteiger partial charge in [-0.2, -0.15) is 0 Å². The van der Waals surface area contributed by atoms with Crippen molar-refractivity contribution >= 4 is 22.4 Å². The van der Waals surface area contributed by atoms with Crippen LogP contribution in [0.2, 0.25) is 5.02 Å². The van der Waals surface area contributed by atoms with Gasteiger partial charge in [-0.3, -0.25) is 4.79 Å². The average molecular weight is 267 g/mol. The molecule has 2 N–H and O–H groups in total. The van der Waals surface area contributed by atoms with Crippen LogP contribution in [-0.4, -0.2) is 24.3 Å². The van der Waals surface area contributed by atoms with Gasteiger partial charge in [0.25, 0.3) is 5.56 Å². The highest BCUT2D eigenvalue weighted by atomic mass is 35.5. The molecule has 0 aliphatic heterocycles. The molecule has 0 radical (unpaired) electrons. The van der Waals surface area contributed by atoms with Crippen LogP contribution < -0.4 is 11.3 Å². The summed E-state index contributed by atoms with van der Waals surface area (Å²) in [6.07, 6.45) is 1.77. The molecular formula is C13H15ClN2O2. The predicted octanol–water partition coefficient (Wildman–Crippen LogP) is 1.63. The van der Waals surface area contributed by atoms with Gasteiger partial charge in [0, 0.05) is 29.7 Å². The third kappa shape index (κ3) is 2.90. The Labute approximate surface area is 110 Å². The second-order valence-corrected chi connectivity index (χ2v) is 4.38. The number of pyridine rings is 1. The second kappa shape index (κ2) is 6.00. The molecule has 0 unspecified atom stereocenters. The maximum absolute atomic E-state index is 12.2. The first kappa shape index (κ1) is 13.1. The van der Waals surface area contributed by atoms with Crippen molar-refractivity contribution in [1.29, 1.82) is 0 Å². The Hall–Kier alpha value is -1.36. The molecule has 0 fully saturated rings. The molecule has 18 heavy (non-hydrogen) atoms. The zero-order chi connectivity index (χ0) is 13.0. The quantitative estimate of drug-likeness (QED) is 0.837. The number of benzene rings is 1. The minimum atomic E-state index is -0.0497. The summed E-state index contributed by atoms with van der Waals surface area (Å²) in [5, 5.41) is 2.09.